The van der Waals surface area contributed by atoms with Crippen LogP contribution in [0.15, 0.2) is 30.6 Å². The first kappa shape index (κ1) is 11.3. The van der Waals surface area contributed by atoms with Crippen LogP contribution in [-0.2, 0) is 6.54 Å². The molecule has 0 amide bonds. The number of fused-ring (bicyclic) bond motifs is 1. The number of hydrogen-bond acceptors (Lipinski definition) is 4. The number of hydrogen-bond donors (Lipinski definition) is 1. The molecule has 0 unspecified atom stereocenters. The summed E-state index contributed by atoms with van der Waals surface area (Å²) in [6.07, 6.45) is 1.54. The van der Waals surface area contributed by atoms with Gasteiger partial charge in [-0.15, -0.1) is 5.10 Å². The van der Waals surface area contributed by atoms with Crippen molar-refractivity contribution in [1.29, 1.82) is 0 Å². The number of nitrogens with zero attached hydrogens (tertiary/aromatic N) is 4. The van der Waals surface area contributed by atoms with Gasteiger partial charge in [-0.2, -0.15) is 0 Å². The number of aromatic amines is 1. The minimum Gasteiger partial charge on any atom is -0.329 e. The molecule has 0 aliphatic rings. The van der Waals surface area contributed by atoms with Crippen LogP contribution in [0.25, 0.3) is 11.2 Å². The molecule has 0 radical (unpaired) electrons. The summed E-state index contributed by atoms with van der Waals surface area (Å²) in [7, 11) is 0. The van der Waals surface area contributed by atoms with Crippen LogP contribution in [0.1, 0.15) is 5.56 Å². The molecule has 2 aromatic heterocycles. The molecule has 0 spiro atoms. The van der Waals surface area contributed by atoms with E-state index in [0.29, 0.717) is 21.7 Å². The maximum absolute atomic E-state index is 6.12. The number of benzene rings is 1. The lowest BCUT2D eigenvalue weighted by molar-refractivity contribution is 0.664. The van der Waals surface area contributed by atoms with Gasteiger partial charge in [0.2, 0.25) is 0 Å². The summed E-state index contributed by atoms with van der Waals surface area (Å²) in [5.74, 6) is 0. The third kappa shape index (κ3) is 1.89. The van der Waals surface area contributed by atoms with Gasteiger partial charge in [-0.3, -0.25) is 0 Å². The summed E-state index contributed by atoms with van der Waals surface area (Å²) in [5, 5.41) is 8.78. The molecule has 18 heavy (non-hydrogen) atoms. The van der Waals surface area contributed by atoms with Gasteiger partial charge in [-0.1, -0.05) is 47.2 Å². The molecule has 0 saturated carbocycles. The van der Waals surface area contributed by atoms with Crippen LogP contribution >= 0.6 is 23.8 Å². The van der Waals surface area contributed by atoms with E-state index in [-0.39, 0.29) is 0 Å². The molecule has 7 heteroatoms. The van der Waals surface area contributed by atoms with Gasteiger partial charge >= 0.3 is 0 Å². The Morgan fingerprint density at radius 1 is 1.33 bits per heavy atom. The van der Waals surface area contributed by atoms with Crippen molar-refractivity contribution in [2.24, 2.45) is 0 Å². The molecule has 0 aliphatic heterocycles. The van der Waals surface area contributed by atoms with E-state index in [2.05, 4.69) is 20.3 Å². The van der Waals surface area contributed by atoms with Crippen LogP contribution in [0.5, 0.6) is 0 Å². The second-order valence-corrected chi connectivity index (χ2v) is 4.54. The minimum absolute atomic E-state index is 0.439. The van der Waals surface area contributed by atoms with E-state index in [9.17, 15) is 0 Å². The molecule has 0 bridgehead atoms. The zero-order chi connectivity index (χ0) is 12.5. The number of nitrogens with one attached hydrogen (secondary N) is 1. The predicted molar refractivity (Wildman–Crippen MR) is 71.1 cm³/mol. The summed E-state index contributed by atoms with van der Waals surface area (Å²) in [6.45, 7) is 0.533. The Hall–Kier alpha value is -1.79. The molecule has 2 heterocycles. The summed E-state index contributed by atoms with van der Waals surface area (Å²) >= 11 is 11.2. The fourth-order valence-electron chi connectivity index (χ4n) is 1.71. The van der Waals surface area contributed by atoms with Crippen molar-refractivity contribution >= 4 is 35.0 Å². The largest absolute Gasteiger partial charge is 0.329 e. The number of rotatable bonds is 2. The first-order valence-electron chi connectivity index (χ1n) is 5.26. The second kappa shape index (κ2) is 4.47. The lowest BCUT2D eigenvalue weighted by Crippen LogP contribution is -2.03. The van der Waals surface area contributed by atoms with Crippen LogP contribution in [0.2, 0.25) is 5.02 Å². The Morgan fingerprint density at radius 2 is 2.17 bits per heavy atom. The Kier molecular flexibility index (Phi) is 2.81. The molecular weight excluding hydrogens is 270 g/mol. The van der Waals surface area contributed by atoms with E-state index in [1.54, 1.807) is 4.68 Å². The molecule has 0 fully saturated rings. The smallest absolute Gasteiger partial charge is 0.166 e. The van der Waals surface area contributed by atoms with Crippen molar-refractivity contribution in [3.05, 3.63) is 45.8 Å². The zero-order valence-electron chi connectivity index (χ0n) is 9.17. The highest BCUT2D eigenvalue weighted by Gasteiger charge is 2.08. The Bertz CT molecular complexity index is 763. The predicted octanol–water partition coefficient (Wildman–Crippen LogP) is 2.59. The van der Waals surface area contributed by atoms with Gasteiger partial charge in [0.15, 0.2) is 15.8 Å². The number of H-pyrrole nitrogens is 1. The molecule has 0 aliphatic carbocycles. The van der Waals surface area contributed by atoms with Crippen molar-refractivity contribution in [3.63, 3.8) is 0 Å². The van der Waals surface area contributed by atoms with Gasteiger partial charge in [0.1, 0.15) is 0 Å². The molecule has 90 valence electrons. The Labute approximate surface area is 112 Å². The highest BCUT2D eigenvalue weighted by atomic mass is 35.5. The van der Waals surface area contributed by atoms with Crippen molar-refractivity contribution in [2.45, 2.75) is 6.54 Å². The maximum Gasteiger partial charge on any atom is 0.166 e. The van der Waals surface area contributed by atoms with Crippen molar-refractivity contribution in [2.75, 3.05) is 0 Å². The van der Waals surface area contributed by atoms with Gasteiger partial charge in [-0.25, -0.2) is 9.67 Å². The standard InChI is InChI=1S/C11H8ClN5S/c12-8-4-2-1-3-7(8)5-17-10-9(15-16-17)11(18)14-6-13-10/h1-4,6H,5H2,(H,13,14,18). The van der Waals surface area contributed by atoms with Crippen molar-refractivity contribution in [1.82, 2.24) is 25.0 Å². The average Bonchev–Trinajstić information content (AvgIpc) is 2.77. The van der Waals surface area contributed by atoms with Crippen LogP contribution in [0.3, 0.4) is 0 Å². The van der Waals surface area contributed by atoms with Crippen LogP contribution < -0.4 is 0 Å². The van der Waals surface area contributed by atoms with Crippen LogP contribution in [0.4, 0.5) is 0 Å². The van der Waals surface area contributed by atoms with E-state index >= 15 is 0 Å². The van der Waals surface area contributed by atoms with Gasteiger partial charge in [0.25, 0.3) is 0 Å². The topological polar surface area (TPSA) is 59.4 Å². The first-order valence-corrected chi connectivity index (χ1v) is 6.04. The highest BCUT2D eigenvalue weighted by molar-refractivity contribution is 7.71. The molecular formula is C11H8ClN5S. The lowest BCUT2D eigenvalue weighted by atomic mass is 10.2. The first-order chi connectivity index (χ1) is 8.75. The van der Waals surface area contributed by atoms with E-state index in [4.69, 9.17) is 23.8 Å². The summed E-state index contributed by atoms with van der Waals surface area (Å²) in [4.78, 5) is 6.96. The zero-order valence-corrected chi connectivity index (χ0v) is 10.7. The molecule has 0 saturated heterocycles. The van der Waals surface area contributed by atoms with Crippen molar-refractivity contribution < 1.29 is 0 Å². The molecule has 3 aromatic rings. The van der Waals surface area contributed by atoms with E-state index in [0.717, 1.165) is 11.2 Å². The van der Waals surface area contributed by atoms with E-state index in [1.165, 1.54) is 6.33 Å². The molecule has 1 N–H and O–H groups in total. The van der Waals surface area contributed by atoms with Gasteiger partial charge in [0.05, 0.1) is 12.9 Å². The van der Waals surface area contributed by atoms with Crippen molar-refractivity contribution in [3.8, 4) is 0 Å². The maximum atomic E-state index is 6.12. The van der Waals surface area contributed by atoms with Crippen LogP contribution in [0, 0.1) is 4.64 Å². The normalized spacial score (nSPS) is 10.9. The fraction of sp³-hybridized carbons (Fsp3) is 0.0909. The third-order valence-corrected chi connectivity index (χ3v) is 3.27. The quantitative estimate of drug-likeness (QED) is 0.732. The fourth-order valence-corrected chi connectivity index (χ4v) is 2.10. The second-order valence-electron chi connectivity index (χ2n) is 3.74. The van der Waals surface area contributed by atoms with Gasteiger partial charge in [-0.05, 0) is 11.6 Å². The number of halogens is 1. The average molecular weight is 278 g/mol. The SMILES string of the molecule is S=c1nc[nH]c2c1nnn2Cc1ccccc1Cl. The Balaban J connectivity index is 2.09. The lowest BCUT2D eigenvalue weighted by Gasteiger charge is -2.04. The minimum atomic E-state index is 0.439. The molecule has 0 atom stereocenters. The summed E-state index contributed by atoms with van der Waals surface area (Å²) in [5.41, 5.74) is 2.32. The van der Waals surface area contributed by atoms with Gasteiger partial charge in [0, 0.05) is 5.02 Å². The summed E-state index contributed by atoms with van der Waals surface area (Å²) < 4.78 is 2.16. The number of aromatic nitrogens is 5. The third-order valence-electron chi connectivity index (χ3n) is 2.60. The molecule has 3 rings (SSSR count). The molecule has 1 aromatic carbocycles. The highest BCUT2D eigenvalue weighted by Crippen LogP contribution is 2.17. The molecule has 5 nitrogen and oxygen atoms in total. The van der Waals surface area contributed by atoms with E-state index in [1.807, 2.05) is 24.3 Å². The Morgan fingerprint density at radius 3 is 3.00 bits per heavy atom. The van der Waals surface area contributed by atoms with E-state index < -0.39 is 0 Å². The summed E-state index contributed by atoms with van der Waals surface area (Å²) in [6, 6.07) is 7.62. The van der Waals surface area contributed by atoms with Gasteiger partial charge < -0.3 is 4.98 Å². The monoisotopic (exact) mass is 277 g/mol. The van der Waals surface area contributed by atoms with Crippen LogP contribution in [-0.4, -0.2) is 25.0 Å².